The molecule has 0 aliphatic carbocycles. The second-order valence-electron chi connectivity index (χ2n) is 6.14. The minimum Gasteiger partial charge on any atom is -0.486 e. The number of halogens is 1. The van der Waals surface area contributed by atoms with Crippen LogP contribution in [0.3, 0.4) is 0 Å². The molecule has 1 atom stereocenters. The van der Waals surface area contributed by atoms with Crippen LogP contribution in [-0.4, -0.2) is 31.6 Å². The van der Waals surface area contributed by atoms with Crippen LogP contribution in [0.2, 0.25) is 0 Å². The molecule has 1 aliphatic heterocycles. The summed E-state index contributed by atoms with van der Waals surface area (Å²) in [5.74, 6) is -0.209. The molecule has 1 heterocycles. The van der Waals surface area contributed by atoms with Gasteiger partial charge in [-0.3, -0.25) is 9.59 Å². The Hall–Kier alpha value is -3.09. The van der Waals surface area contributed by atoms with Gasteiger partial charge in [-0.05, 0) is 36.2 Å². The Labute approximate surface area is 156 Å². The predicted octanol–water partition coefficient (Wildman–Crippen LogP) is 2.85. The summed E-state index contributed by atoms with van der Waals surface area (Å²) in [6, 6.07) is 10.9. The van der Waals surface area contributed by atoms with Crippen LogP contribution in [0.1, 0.15) is 24.8 Å². The van der Waals surface area contributed by atoms with E-state index in [9.17, 15) is 14.0 Å². The maximum Gasteiger partial charge on any atom is 0.243 e. The van der Waals surface area contributed by atoms with Crippen LogP contribution < -0.4 is 20.1 Å². The van der Waals surface area contributed by atoms with Crippen LogP contribution in [-0.2, 0) is 9.59 Å². The molecule has 1 aliphatic rings. The molecule has 27 heavy (non-hydrogen) atoms. The number of carbonyl (C=O) groups excluding carboxylic acids is 2. The Morgan fingerprint density at radius 2 is 1.78 bits per heavy atom. The first-order valence-corrected chi connectivity index (χ1v) is 8.79. The van der Waals surface area contributed by atoms with Gasteiger partial charge in [-0.25, -0.2) is 4.39 Å². The maximum absolute atomic E-state index is 13.1. The van der Waals surface area contributed by atoms with Crippen molar-refractivity contribution < 1.29 is 23.5 Å². The molecule has 0 bridgehead atoms. The quantitative estimate of drug-likeness (QED) is 0.818. The lowest BCUT2D eigenvalue weighted by molar-refractivity contribution is -0.125. The third-order valence-electron chi connectivity index (χ3n) is 4.25. The van der Waals surface area contributed by atoms with Gasteiger partial charge in [0.25, 0.3) is 0 Å². The first-order valence-electron chi connectivity index (χ1n) is 8.79. The van der Waals surface area contributed by atoms with E-state index < -0.39 is 5.92 Å². The number of rotatable bonds is 6. The molecule has 2 aromatic carbocycles. The van der Waals surface area contributed by atoms with Crippen molar-refractivity contribution >= 4 is 17.5 Å². The first kappa shape index (κ1) is 18.7. The zero-order valence-electron chi connectivity index (χ0n) is 15.0. The predicted molar refractivity (Wildman–Crippen MR) is 98.5 cm³/mol. The second-order valence-corrected chi connectivity index (χ2v) is 6.14. The monoisotopic (exact) mass is 372 g/mol. The van der Waals surface area contributed by atoms with Crippen molar-refractivity contribution in [1.29, 1.82) is 0 Å². The van der Waals surface area contributed by atoms with Gasteiger partial charge in [-0.2, -0.15) is 0 Å². The summed E-state index contributed by atoms with van der Waals surface area (Å²) in [6.07, 6.45) is 0.543. The Morgan fingerprint density at radius 1 is 1.07 bits per heavy atom. The van der Waals surface area contributed by atoms with Crippen LogP contribution >= 0.6 is 0 Å². The molecule has 142 valence electrons. The largest absolute Gasteiger partial charge is 0.486 e. The fraction of sp³-hybridized carbons (Fsp3) is 0.300. The molecular formula is C20H21FN2O4. The van der Waals surface area contributed by atoms with Crippen LogP contribution in [0.15, 0.2) is 42.5 Å². The number of nitrogens with one attached hydrogen (secondary N) is 2. The summed E-state index contributed by atoms with van der Waals surface area (Å²) in [5.41, 5.74) is 1.27. The van der Waals surface area contributed by atoms with Gasteiger partial charge in [0.05, 0.1) is 12.5 Å². The molecule has 2 N–H and O–H groups in total. The molecule has 0 saturated carbocycles. The normalized spacial score (nSPS) is 13.6. The minimum atomic E-state index is -0.437. The zero-order valence-corrected chi connectivity index (χ0v) is 15.0. The van der Waals surface area contributed by atoms with Crippen molar-refractivity contribution in [3.63, 3.8) is 0 Å². The highest BCUT2D eigenvalue weighted by Gasteiger charge is 2.19. The molecule has 0 fully saturated rings. The molecule has 2 aromatic rings. The van der Waals surface area contributed by atoms with Gasteiger partial charge in [0, 0.05) is 11.8 Å². The van der Waals surface area contributed by atoms with Gasteiger partial charge < -0.3 is 20.1 Å². The Kier molecular flexibility index (Phi) is 5.90. The third-order valence-corrected chi connectivity index (χ3v) is 4.25. The fourth-order valence-corrected chi connectivity index (χ4v) is 2.88. The molecule has 2 amide bonds. The summed E-state index contributed by atoms with van der Waals surface area (Å²) in [7, 11) is 0. The van der Waals surface area contributed by atoms with Crippen molar-refractivity contribution in [1.82, 2.24) is 5.32 Å². The number of hydrogen-bond donors (Lipinski definition) is 2. The lowest BCUT2D eigenvalue weighted by Crippen LogP contribution is -2.36. The van der Waals surface area contributed by atoms with E-state index in [0.717, 1.165) is 0 Å². The van der Waals surface area contributed by atoms with Crippen LogP contribution in [0.25, 0.3) is 0 Å². The topological polar surface area (TPSA) is 76.7 Å². The molecule has 3 rings (SSSR count). The SMILES string of the molecule is CCC(C(=O)NCC(=O)Nc1ccc2c(c1)OCCO2)c1ccc(F)cc1. The van der Waals surface area contributed by atoms with Gasteiger partial charge in [-0.15, -0.1) is 0 Å². The summed E-state index contributed by atoms with van der Waals surface area (Å²) in [4.78, 5) is 24.5. The van der Waals surface area contributed by atoms with Crippen LogP contribution in [0.4, 0.5) is 10.1 Å². The van der Waals surface area contributed by atoms with E-state index in [1.807, 2.05) is 6.92 Å². The fourth-order valence-electron chi connectivity index (χ4n) is 2.88. The van der Waals surface area contributed by atoms with E-state index in [0.29, 0.717) is 42.4 Å². The lowest BCUT2D eigenvalue weighted by Gasteiger charge is -2.19. The van der Waals surface area contributed by atoms with Crippen molar-refractivity contribution in [2.24, 2.45) is 0 Å². The van der Waals surface area contributed by atoms with E-state index >= 15 is 0 Å². The Morgan fingerprint density at radius 3 is 2.48 bits per heavy atom. The van der Waals surface area contributed by atoms with Gasteiger partial charge in [0.2, 0.25) is 11.8 Å². The summed E-state index contributed by atoms with van der Waals surface area (Å²) in [5, 5.41) is 5.34. The number of amides is 2. The molecule has 0 spiro atoms. The molecular weight excluding hydrogens is 351 g/mol. The number of hydrogen-bond acceptors (Lipinski definition) is 4. The standard InChI is InChI=1S/C20H21FN2O4/c1-2-16(13-3-5-14(21)6-4-13)20(25)22-12-19(24)23-15-7-8-17-18(11-15)27-10-9-26-17/h3-8,11,16H,2,9-10,12H2,1H3,(H,22,25)(H,23,24). The number of anilines is 1. The van der Waals surface area contributed by atoms with Crippen molar-refractivity contribution in [3.05, 3.63) is 53.8 Å². The summed E-state index contributed by atoms with van der Waals surface area (Å²) >= 11 is 0. The Balaban J connectivity index is 1.55. The lowest BCUT2D eigenvalue weighted by atomic mass is 9.95. The zero-order chi connectivity index (χ0) is 19.2. The minimum absolute atomic E-state index is 0.162. The molecule has 1 unspecified atom stereocenters. The van der Waals surface area contributed by atoms with Gasteiger partial charge >= 0.3 is 0 Å². The van der Waals surface area contributed by atoms with E-state index in [2.05, 4.69) is 10.6 Å². The molecule has 0 saturated heterocycles. The molecule has 6 nitrogen and oxygen atoms in total. The van der Waals surface area contributed by atoms with Crippen molar-refractivity contribution in [3.8, 4) is 11.5 Å². The third kappa shape index (κ3) is 4.75. The first-order chi connectivity index (χ1) is 13.1. The average Bonchev–Trinajstić information content (AvgIpc) is 2.68. The highest BCUT2D eigenvalue weighted by atomic mass is 19.1. The summed E-state index contributed by atoms with van der Waals surface area (Å²) < 4.78 is 24.0. The second kappa shape index (κ2) is 8.53. The van der Waals surface area contributed by atoms with Crippen molar-refractivity contribution in [2.75, 3.05) is 25.1 Å². The Bertz CT molecular complexity index is 823. The van der Waals surface area contributed by atoms with Gasteiger partial charge in [0.1, 0.15) is 19.0 Å². The van der Waals surface area contributed by atoms with Crippen molar-refractivity contribution in [2.45, 2.75) is 19.3 Å². The van der Waals surface area contributed by atoms with Crippen LogP contribution in [0, 0.1) is 5.82 Å². The summed E-state index contributed by atoms with van der Waals surface area (Å²) in [6.45, 7) is 2.66. The smallest absolute Gasteiger partial charge is 0.243 e. The van der Waals surface area contributed by atoms with E-state index in [4.69, 9.17) is 9.47 Å². The highest BCUT2D eigenvalue weighted by molar-refractivity contribution is 5.95. The molecule has 0 radical (unpaired) electrons. The number of benzene rings is 2. The molecule has 7 heteroatoms. The van der Waals surface area contributed by atoms with E-state index in [1.54, 1.807) is 30.3 Å². The van der Waals surface area contributed by atoms with E-state index in [1.165, 1.54) is 12.1 Å². The number of carbonyl (C=O) groups is 2. The highest BCUT2D eigenvalue weighted by Crippen LogP contribution is 2.32. The van der Waals surface area contributed by atoms with Gasteiger partial charge in [0.15, 0.2) is 11.5 Å². The average molecular weight is 372 g/mol. The number of fused-ring (bicyclic) bond motifs is 1. The maximum atomic E-state index is 13.1. The van der Waals surface area contributed by atoms with Gasteiger partial charge in [-0.1, -0.05) is 19.1 Å². The van der Waals surface area contributed by atoms with Crippen LogP contribution in [0.5, 0.6) is 11.5 Å². The number of ether oxygens (including phenoxy) is 2. The van der Waals surface area contributed by atoms with E-state index in [-0.39, 0.29) is 24.2 Å². The molecule has 0 aromatic heterocycles.